The zero-order valence-electron chi connectivity index (χ0n) is 13.4. The molecule has 0 N–H and O–H groups in total. The quantitative estimate of drug-likeness (QED) is 0.550. The van der Waals surface area contributed by atoms with Gasteiger partial charge in [0.05, 0.1) is 11.3 Å². The van der Waals surface area contributed by atoms with Crippen LogP contribution in [0.15, 0.2) is 0 Å². The van der Waals surface area contributed by atoms with Crippen LogP contribution in [0.25, 0.3) is 0 Å². The van der Waals surface area contributed by atoms with Crippen molar-refractivity contribution in [3.05, 3.63) is 0 Å². The molecule has 0 radical (unpaired) electrons. The van der Waals surface area contributed by atoms with E-state index in [0.717, 1.165) is 19.3 Å². The second-order valence-electron chi connectivity index (χ2n) is 6.67. The van der Waals surface area contributed by atoms with Gasteiger partial charge in [-0.1, -0.05) is 13.3 Å². The highest BCUT2D eigenvalue weighted by Gasteiger charge is 2.47. The Morgan fingerprint density at radius 3 is 2.68 bits per heavy atom. The fourth-order valence-electron chi connectivity index (χ4n) is 2.89. The Morgan fingerprint density at radius 2 is 2.00 bits per heavy atom. The van der Waals surface area contributed by atoms with Gasteiger partial charge >= 0.3 is 17.9 Å². The van der Waals surface area contributed by atoms with Crippen LogP contribution in [0.1, 0.15) is 46.5 Å². The zero-order chi connectivity index (χ0) is 16.3. The molecule has 6 heteroatoms. The first-order valence-corrected chi connectivity index (χ1v) is 7.88. The van der Waals surface area contributed by atoms with Crippen LogP contribution in [0, 0.1) is 17.3 Å². The van der Waals surface area contributed by atoms with Gasteiger partial charge in [-0.05, 0) is 33.1 Å². The Morgan fingerprint density at radius 1 is 1.27 bits per heavy atom. The van der Waals surface area contributed by atoms with E-state index < -0.39 is 24.0 Å². The molecule has 2 rings (SSSR count). The normalized spacial score (nSPS) is 27.2. The Kier molecular flexibility index (Phi) is 5.08. The topological polar surface area (TPSA) is 78.9 Å². The molecule has 3 atom stereocenters. The first-order chi connectivity index (χ1) is 10.3. The van der Waals surface area contributed by atoms with Gasteiger partial charge in [0.25, 0.3) is 0 Å². The molecule has 0 aromatic heterocycles. The summed E-state index contributed by atoms with van der Waals surface area (Å²) >= 11 is 0. The minimum atomic E-state index is -0.613. The third kappa shape index (κ3) is 3.59. The smallest absolute Gasteiger partial charge is 0.344 e. The summed E-state index contributed by atoms with van der Waals surface area (Å²) in [6.45, 7) is 5.04. The zero-order valence-corrected chi connectivity index (χ0v) is 13.4. The van der Waals surface area contributed by atoms with Gasteiger partial charge in [0.15, 0.2) is 6.61 Å². The number of carbonyl (C=O) groups excluding carboxylic acids is 3. The molecular weight excluding hydrogens is 288 g/mol. The molecule has 0 aromatic carbocycles. The predicted octanol–water partition coefficient (Wildman–Crippen LogP) is 1.85. The molecule has 2 fully saturated rings. The maximum absolute atomic E-state index is 11.8. The summed E-state index contributed by atoms with van der Waals surface area (Å²) < 4.78 is 15.3. The summed E-state index contributed by atoms with van der Waals surface area (Å²) in [5.41, 5.74) is -0.613. The molecule has 0 amide bonds. The lowest BCUT2D eigenvalue weighted by Gasteiger charge is -2.20. The molecule has 0 aromatic rings. The fraction of sp³-hybridized carbons (Fsp3) is 0.812. The third-order valence-corrected chi connectivity index (χ3v) is 4.78. The van der Waals surface area contributed by atoms with Crippen molar-refractivity contribution < 1.29 is 28.6 Å². The number of esters is 3. The number of hydrogen-bond donors (Lipinski definition) is 0. The second-order valence-corrected chi connectivity index (χ2v) is 6.67. The SMILES string of the molecule is CCC(C)(C)C(=O)OCC(=O)OCC1OC(=O)C2CCCC12. The highest BCUT2D eigenvalue weighted by molar-refractivity contribution is 5.80. The van der Waals surface area contributed by atoms with Crippen LogP contribution in [-0.2, 0) is 28.6 Å². The largest absolute Gasteiger partial charge is 0.459 e. The molecule has 22 heavy (non-hydrogen) atoms. The molecule has 6 nitrogen and oxygen atoms in total. The number of ether oxygens (including phenoxy) is 3. The lowest BCUT2D eigenvalue weighted by molar-refractivity contribution is -0.167. The Bertz CT molecular complexity index is 456. The van der Waals surface area contributed by atoms with E-state index in [-0.39, 0.29) is 30.5 Å². The van der Waals surface area contributed by atoms with E-state index in [1.807, 2.05) is 6.92 Å². The van der Waals surface area contributed by atoms with Gasteiger partial charge < -0.3 is 14.2 Å². The average Bonchev–Trinajstić information content (AvgIpc) is 3.07. The van der Waals surface area contributed by atoms with E-state index in [9.17, 15) is 14.4 Å². The molecular formula is C16H24O6. The van der Waals surface area contributed by atoms with Crippen molar-refractivity contribution in [3.63, 3.8) is 0 Å². The van der Waals surface area contributed by atoms with E-state index >= 15 is 0 Å². The summed E-state index contributed by atoms with van der Waals surface area (Å²) in [4.78, 5) is 35.0. The first-order valence-electron chi connectivity index (χ1n) is 7.88. The second kappa shape index (κ2) is 6.67. The van der Waals surface area contributed by atoms with Gasteiger partial charge in [-0.25, -0.2) is 4.79 Å². The van der Waals surface area contributed by atoms with Crippen LogP contribution >= 0.6 is 0 Å². The summed E-state index contributed by atoms with van der Waals surface area (Å²) in [5, 5.41) is 0. The predicted molar refractivity (Wildman–Crippen MR) is 76.7 cm³/mol. The Hall–Kier alpha value is -1.59. The maximum atomic E-state index is 11.8. The minimum absolute atomic E-state index is 0.0353. The first kappa shape index (κ1) is 16.8. The fourth-order valence-corrected chi connectivity index (χ4v) is 2.89. The Balaban J connectivity index is 1.72. The van der Waals surface area contributed by atoms with Crippen molar-refractivity contribution in [1.82, 2.24) is 0 Å². The summed E-state index contributed by atoms with van der Waals surface area (Å²) in [6.07, 6.45) is 3.07. The van der Waals surface area contributed by atoms with E-state index in [2.05, 4.69) is 0 Å². The van der Waals surface area contributed by atoms with Crippen LogP contribution in [-0.4, -0.2) is 37.2 Å². The molecule has 3 unspecified atom stereocenters. The monoisotopic (exact) mass is 312 g/mol. The number of hydrogen-bond acceptors (Lipinski definition) is 6. The molecule has 1 aliphatic heterocycles. The Labute approximate surface area is 130 Å². The molecule has 0 bridgehead atoms. The molecule has 1 aliphatic carbocycles. The highest BCUT2D eigenvalue weighted by Crippen LogP contribution is 2.41. The van der Waals surface area contributed by atoms with Crippen molar-refractivity contribution in [2.24, 2.45) is 17.3 Å². The van der Waals surface area contributed by atoms with Gasteiger partial charge in [-0.3, -0.25) is 9.59 Å². The van der Waals surface area contributed by atoms with E-state index in [1.165, 1.54) is 0 Å². The summed E-state index contributed by atoms with van der Waals surface area (Å²) in [7, 11) is 0. The van der Waals surface area contributed by atoms with Crippen LogP contribution in [0.5, 0.6) is 0 Å². The lowest BCUT2D eigenvalue weighted by Crippen LogP contribution is -2.30. The van der Waals surface area contributed by atoms with E-state index in [1.54, 1.807) is 13.8 Å². The molecule has 0 spiro atoms. The van der Waals surface area contributed by atoms with Crippen molar-refractivity contribution in [1.29, 1.82) is 0 Å². The standard InChI is InChI=1S/C16H24O6/c1-4-16(2,3)15(19)21-9-13(17)20-8-12-10-6-5-7-11(10)14(18)22-12/h10-12H,4-9H2,1-3H3. The van der Waals surface area contributed by atoms with Crippen molar-refractivity contribution >= 4 is 17.9 Å². The molecule has 2 aliphatic rings. The van der Waals surface area contributed by atoms with Crippen LogP contribution in [0.3, 0.4) is 0 Å². The van der Waals surface area contributed by atoms with Gasteiger partial charge in [-0.2, -0.15) is 0 Å². The average molecular weight is 312 g/mol. The molecule has 1 heterocycles. The van der Waals surface area contributed by atoms with Crippen molar-refractivity contribution in [2.75, 3.05) is 13.2 Å². The maximum Gasteiger partial charge on any atom is 0.344 e. The number of fused-ring (bicyclic) bond motifs is 1. The van der Waals surface area contributed by atoms with E-state index in [4.69, 9.17) is 14.2 Å². The molecule has 1 saturated heterocycles. The molecule has 124 valence electrons. The highest BCUT2D eigenvalue weighted by atomic mass is 16.6. The number of cyclic esters (lactones) is 1. The number of carbonyl (C=O) groups is 3. The summed E-state index contributed by atoms with van der Waals surface area (Å²) in [5.74, 6) is -1.10. The van der Waals surface area contributed by atoms with E-state index in [0.29, 0.717) is 6.42 Å². The van der Waals surface area contributed by atoms with Gasteiger partial charge in [0.1, 0.15) is 12.7 Å². The third-order valence-electron chi connectivity index (χ3n) is 4.78. The summed E-state index contributed by atoms with van der Waals surface area (Å²) in [6, 6.07) is 0. The van der Waals surface area contributed by atoms with Crippen molar-refractivity contribution in [3.8, 4) is 0 Å². The lowest BCUT2D eigenvalue weighted by atomic mass is 9.91. The van der Waals surface area contributed by atoms with Crippen LogP contribution in [0.4, 0.5) is 0 Å². The van der Waals surface area contributed by atoms with Gasteiger partial charge in [0.2, 0.25) is 0 Å². The van der Waals surface area contributed by atoms with Gasteiger partial charge in [0, 0.05) is 5.92 Å². The minimum Gasteiger partial charge on any atom is -0.459 e. The molecule has 1 saturated carbocycles. The van der Waals surface area contributed by atoms with Crippen LogP contribution < -0.4 is 0 Å². The van der Waals surface area contributed by atoms with Crippen LogP contribution in [0.2, 0.25) is 0 Å². The van der Waals surface area contributed by atoms with Gasteiger partial charge in [-0.15, -0.1) is 0 Å². The number of rotatable bonds is 6. The van der Waals surface area contributed by atoms with Crippen molar-refractivity contribution in [2.45, 2.75) is 52.6 Å².